The molecule has 0 aromatic heterocycles. The van der Waals surface area contributed by atoms with Crippen molar-refractivity contribution in [3.8, 4) is 0 Å². The van der Waals surface area contributed by atoms with Gasteiger partial charge in [0.05, 0.1) is 0 Å². The van der Waals surface area contributed by atoms with Crippen LogP contribution in [0.25, 0.3) is 0 Å². The minimum atomic E-state index is -3.48. The van der Waals surface area contributed by atoms with E-state index < -0.39 is 21.8 Å². The van der Waals surface area contributed by atoms with E-state index in [9.17, 15) is 17.2 Å². The first kappa shape index (κ1) is 17.3. The van der Waals surface area contributed by atoms with Crippen LogP contribution in [0, 0.1) is 17.6 Å². The molecule has 0 radical (unpaired) electrons. The number of hydrogen-bond donors (Lipinski definition) is 1. The van der Waals surface area contributed by atoms with Crippen LogP contribution in [0.3, 0.4) is 0 Å². The van der Waals surface area contributed by atoms with Crippen molar-refractivity contribution in [3.05, 3.63) is 35.4 Å². The standard InChI is InChI=1S/C15H22F2N2O2S/c1-11(3-4-12-7-8-14(16)15(17)9-12)18-22(20,21)19(2)10-13-5-6-13/h7-9,11,13,18H,3-6,10H2,1-2H3/t11-/m1/s1. The van der Waals surface area contributed by atoms with Crippen molar-refractivity contribution in [1.82, 2.24) is 9.03 Å². The van der Waals surface area contributed by atoms with E-state index >= 15 is 0 Å². The van der Waals surface area contributed by atoms with Gasteiger partial charge in [-0.05, 0) is 56.2 Å². The lowest BCUT2D eigenvalue weighted by Gasteiger charge is -2.21. The molecule has 1 aliphatic carbocycles. The molecule has 0 heterocycles. The molecule has 22 heavy (non-hydrogen) atoms. The number of hydrogen-bond acceptors (Lipinski definition) is 2. The zero-order valence-electron chi connectivity index (χ0n) is 12.9. The van der Waals surface area contributed by atoms with Gasteiger partial charge in [0.2, 0.25) is 0 Å². The summed E-state index contributed by atoms with van der Waals surface area (Å²) >= 11 is 0. The van der Waals surface area contributed by atoms with E-state index in [-0.39, 0.29) is 6.04 Å². The Kier molecular flexibility index (Phi) is 5.52. The second kappa shape index (κ2) is 7.02. The van der Waals surface area contributed by atoms with E-state index in [1.54, 1.807) is 14.0 Å². The van der Waals surface area contributed by atoms with Gasteiger partial charge in [-0.3, -0.25) is 0 Å². The molecule has 1 atom stereocenters. The zero-order valence-corrected chi connectivity index (χ0v) is 13.7. The monoisotopic (exact) mass is 332 g/mol. The highest BCUT2D eigenvalue weighted by Gasteiger charge is 2.28. The molecule has 4 nitrogen and oxygen atoms in total. The predicted octanol–water partition coefficient (Wildman–Crippen LogP) is 2.46. The molecule has 0 amide bonds. The van der Waals surface area contributed by atoms with Crippen LogP contribution in [0.15, 0.2) is 18.2 Å². The van der Waals surface area contributed by atoms with Gasteiger partial charge < -0.3 is 0 Å². The largest absolute Gasteiger partial charge is 0.279 e. The Bertz CT molecular complexity index is 618. The molecule has 0 aliphatic heterocycles. The third kappa shape index (κ3) is 5.00. The number of nitrogens with one attached hydrogen (secondary N) is 1. The second-order valence-electron chi connectivity index (χ2n) is 6.03. The quantitative estimate of drug-likeness (QED) is 0.795. The first-order chi connectivity index (χ1) is 10.3. The van der Waals surface area contributed by atoms with Gasteiger partial charge in [-0.15, -0.1) is 0 Å². The van der Waals surface area contributed by atoms with E-state index in [4.69, 9.17) is 0 Å². The van der Waals surface area contributed by atoms with Gasteiger partial charge in [-0.1, -0.05) is 6.07 Å². The molecular weight excluding hydrogens is 310 g/mol. The number of benzene rings is 1. The summed E-state index contributed by atoms with van der Waals surface area (Å²) in [6.45, 7) is 2.31. The molecule has 124 valence electrons. The Morgan fingerprint density at radius 2 is 2.00 bits per heavy atom. The Morgan fingerprint density at radius 1 is 1.32 bits per heavy atom. The van der Waals surface area contributed by atoms with Crippen LogP contribution < -0.4 is 4.72 Å². The highest BCUT2D eigenvalue weighted by atomic mass is 32.2. The maximum Gasteiger partial charge on any atom is 0.279 e. The van der Waals surface area contributed by atoms with Crippen LogP contribution in [0.5, 0.6) is 0 Å². The molecule has 0 unspecified atom stereocenters. The van der Waals surface area contributed by atoms with Gasteiger partial charge >= 0.3 is 0 Å². The Labute approximate surface area is 130 Å². The molecule has 1 aromatic rings. The van der Waals surface area contributed by atoms with E-state index in [1.807, 2.05) is 0 Å². The normalized spacial score (nSPS) is 17.0. The summed E-state index contributed by atoms with van der Waals surface area (Å²) in [7, 11) is -1.91. The predicted molar refractivity (Wildman–Crippen MR) is 81.6 cm³/mol. The van der Waals surface area contributed by atoms with Gasteiger partial charge in [0.1, 0.15) is 0 Å². The van der Waals surface area contributed by atoms with Crippen molar-refractivity contribution >= 4 is 10.2 Å². The molecule has 2 rings (SSSR count). The summed E-state index contributed by atoms with van der Waals surface area (Å²) in [6, 6.07) is 3.47. The average molecular weight is 332 g/mol. The Morgan fingerprint density at radius 3 is 2.59 bits per heavy atom. The SMILES string of the molecule is C[C@H](CCc1ccc(F)c(F)c1)NS(=O)(=O)N(C)CC1CC1. The maximum absolute atomic E-state index is 13.1. The minimum absolute atomic E-state index is 0.278. The number of aryl methyl sites for hydroxylation is 1. The van der Waals surface area contributed by atoms with Crippen LogP contribution in [0.2, 0.25) is 0 Å². The molecule has 1 saturated carbocycles. The number of halogens is 2. The third-order valence-electron chi connectivity index (χ3n) is 3.82. The van der Waals surface area contributed by atoms with Crippen LogP contribution in [0.1, 0.15) is 31.7 Å². The molecule has 0 saturated heterocycles. The maximum atomic E-state index is 13.1. The van der Waals surface area contributed by atoms with Crippen molar-refractivity contribution in [2.24, 2.45) is 5.92 Å². The van der Waals surface area contributed by atoms with Gasteiger partial charge in [0.15, 0.2) is 11.6 Å². The lowest BCUT2D eigenvalue weighted by molar-refractivity contribution is 0.432. The Balaban J connectivity index is 1.83. The summed E-state index contributed by atoms with van der Waals surface area (Å²) in [6.07, 6.45) is 3.17. The van der Waals surface area contributed by atoms with Crippen LogP contribution in [-0.2, 0) is 16.6 Å². The number of rotatable bonds is 8. The van der Waals surface area contributed by atoms with Gasteiger partial charge in [-0.25, -0.2) is 8.78 Å². The molecule has 0 bridgehead atoms. The molecule has 1 fully saturated rings. The molecule has 0 spiro atoms. The first-order valence-electron chi connectivity index (χ1n) is 7.45. The van der Waals surface area contributed by atoms with Crippen molar-refractivity contribution in [2.75, 3.05) is 13.6 Å². The van der Waals surface area contributed by atoms with Gasteiger partial charge in [0, 0.05) is 19.6 Å². The summed E-state index contributed by atoms with van der Waals surface area (Å²) in [5.74, 6) is -1.27. The van der Waals surface area contributed by atoms with Crippen LogP contribution in [-0.4, -0.2) is 32.4 Å². The first-order valence-corrected chi connectivity index (χ1v) is 8.89. The Hall–Kier alpha value is -1.05. The van der Waals surface area contributed by atoms with Crippen LogP contribution >= 0.6 is 0 Å². The molecule has 1 aromatic carbocycles. The zero-order chi connectivity index (χ0) is 16.3. The number of nitrogens with zero attached hydrogens (tertiary/aromatic N) is 1. The van der Waals surface area contributed by atoms with Gasteiger partial charge in [-0.2, -0.15) is 17.4 Å². The molecule has 1 N–H and O–H groups in total. The highest BCUT2D eigenvalue weighted by molar-refractivity contribution is 7.87. The molecule has 7 heteroatoms. The van der Waals surface area contributed by atoms with E-state index in [0.717, 1.165) is 25.0 Å². The summed E-state index contributed by atoms with van der Waals surface area (Å²) in [4.78, 5) is 0. The lowest BCUT2D eigenvalue weighted by Crippen LogP contribution is -2.43. The summed E-state index contributed by atoms with van der Waals surface area (Å²) < 4.78 is 54.2. The topological polar surface area (TPSA) is 49.4 Å². The molecule has 1 aliphatic rings. The van der Waals surface area contributed by atoms with E-state index in [1.165, 1.54) is 10.4 Å². The lowest BCUT2D eigenvalue weighted by atomic mass is 10.1. The molecular formula is C15H22F2N2O2S. The second-order valence-corrected chi connectivity index (χ2v) is 7.84. The highest BCUT2D eigenvalue weighted by Crippen LogP contribution is 2.29. The smallest absolute Gasteiger partial charge is 0.204 e. The fourth-order valence-corrected chi connectivity index (χ4v) is 3.46. The van der Waals surface area contributed by atoms with Crippen molar-refractivity contribution < 1.29 is 17.2 Å². The van der Waals surface area contributed by atoms with Gasteiger partial charge in [0.25, 0.3) is 10.2 Å². The van der Waals surface area contributed by atoms with Crippen molar-refractivity contribution in [2.45, 2.75) is 38.6 Å². The van der Waals surface area contributed by atoms with E-state index in [0.29, 0.717) is 30.9 Å². The fraction of sp³-hybridized carbons (Fsp3) is 0.600. The van der Waals surface area contributed by atoms with Crippen molar-refractivity contribution in [1.29, 1.82) is 0 Å². The minimum Gasteiger partial charge on any atom is -0.204 e. The van der Waals surface area contributed by atoms with E-state index in [2.05, 4.69) is 4.72 Å². The van der Waals surface area contributed by atoms with Crippen LogP contribution in [0.4, 0.5) is 8.78 Å². The fourth-order valence-electron chi connectivity index (χ4n) is 2.24. The average Bonchev–Trinajstić information content (AvgIpc) is 3.23. The summed E-state index contributed by atoms with van der Waals surface area (Å²) in [5, 5.41) is 0. The summed E-state index contributed by atoms with van der Waals surface area (Å²) in [5.41, 5.74) is 0.649. The third-order valence-corrected chi connectivity index (χ3v) is 5.49. The van der Waals surface area contributed by atoms with Crippen molar-refractivity contribution in [3.63, 3.8) is 0 Å².